The molecule has 0 aliphatic heterocycles. The molecule has 96 valence electrons. The topological polar surface area (TPSA) is 17.8 Å². The van der Waals surface area contributed by atoms with Gasteiger partial charge < -0.3 is 0 Å². The van der Waals surface area contributed by atoms with Crippen LogP contribution < -0.4 is 0 Å². The van der Waals surface area contributed by atoms with E-state index in [2.05, 4.69) is 5.10 Å². The first-order chi connectivity index (χ1) is 8.67. The number of alkyl halides is 1. The molecule has 4 heteroatoms. The van der Waals surface area contributed by atoms with Crippen LogP contribution in [0.25, 0.3) is 0 Å². The molecule has 0 saturated heterocycles. The summed E-state index contributed by atoms with van der Waals surface area (Å²) >= 11 is 6.00. The summed E-state index contributed by atoms with van der Waals surface area (Å²) in [7, 11) is 1.90. The summed E-state index contributed by atoms with van der Waals surface area (Å²) in [6.45, 7) is 0. The maximum Gasteiger partial charge on any atom is 0.123 e. The van der Waals surface area contributed by atoms with Gasteiger partial charge in [0.15, 0.2) is 0 Å². The van der Waals surface area contributed by atoms with Crippen molar-refractivity contribution in [1.82, 2.24) is 9.78 Å². The summed E-state index contributed by atoms with van der Waals surface area (Å²) in [5.74, 6) is 0.737. The van der Waals surface area contributed by atoms with Crippen molar-refractivity contribution in [3.63, 3.8) is 0 Å². The van der Waals surface area contributed by atoms with Crippen LogP contribution in [0.1, 0.15) is 11.1 Å². The third-order valence-electron chi connectivity index (χ3n) is 2.94. The fourth-order valence-corrected chi connectivity index (χ4v) is 2.26. The van der Waals surface area contributed by atoms with Crippen molar-refractivity contribution in [3.05, 3.63) is 53.6 Å². The third-order valence-corrected chi connectivity index (χ3v) is 3.38. The van der Waals surface area contributed by atoms with E-state index in [0.29, 0.717) is 11.8 Å². The van der Waals surface area contributed by atoms with Crippen LogP contribution in [-0.2, 0) is 19.9 Å². The maximum atomic E-state index is 12.8. The van der Waals surface area contributed by atoms with Crippen molar-refractivity contribution >= 4 is 11.6 Å². The van der Waals surface area contributed by atoms with Crippen molar-refractivity contribution in [3.8, 4) is 0 Å². The maximum absolute atomic E-state index is 12.8. The van der Waals surface area contributed by atoms with Gasteiger partial charge in [0, 0.05) is 19.1 Å². The predicted octanol–water partition coefficient (Wildman–Crippen LogP) is 3.20. The van der Waals surface area contributed by atoms with Gasteiger partial charge in [0.1, 0.15) is 5.82 Å². The van der Waals surface area contributed by atoms with Crippen LogP contribution >= 0.6 is 11.6 Å². The van der Waals surface area contributed by atoms with Crippen LogP contribution in [-0.4, -0.2) is 15.7 Å². The molecule has 0 fully saturated rings. The van der Waals surface area contributed by atoms with Gasteiger partial charge in [-0.1, -0.05) is 12.1 Å². The summed E-state index contributed by atoms with van der Waals surface area (Å²) in [6.07, 6.45) is 5.63. The number of aromatic nitrogens is 2. The van der Waals surface area contributed by atoms with Crippen LogP contribution in [0.5, 0.6) is 0 Å². The zero-order valence-electron chi connectivity index (χ0n) is 10.3. The minimum Gasteiger partial charge on any atom is -0.276 e. The average molecular weight is 267 g/mol. The highest BCUT2D eigenvalue weighted by atomic mass is 35.5. The van der Waals surface area contributed by atoms with Crippen LogP contribution in [0.15, 0.2) is 36.7 Å². The Morgan fingerprint density at radius 2 is 1.89 bits per heavy atom. The van der Waals surface area contributed by atoms with Crippen molar-refractivity contribution in [2.45, 2.75) is 12.8 Å². The van der Waals surface area contributed by atoms with Gasteiger partial charge in [-0.15, -0.1) is 11.6 Å². The first-order valence-corrected chi connectivity index (χ1v) is 6.48. The molecule has 1 atom stereocenters. The van der Waals surface area contributed by atoms with Crippen LogP contribution in [0, 0.1) is 11.7 Å². The van der Waals surface area contributed by atoms with Crippen LogP contribution in [0.3, 0.4) is 0 Å². The highest BCUT2D eigenvalue weighted by Crippen LogP contribution is 2.16. The molecule has 2 nitrogen and oxygen atoms in total. The minimum absolute atomic E-state index is 0.201. The van der Waals surface area contributed by atoms with E-state index in [9.17, 15) is 4.39 Å². The fraction of sp³-hybridized carbons (Fsp3) is 0.357. The van der Waals surface area contributed by atoms with Crippen LogP contribution in [0.4, 0.5) is 4.39 Å². The molecule has 1 aromatic carbocycles. The van der Waals surface area contributed by atoms with E-state index in [0.717, 1.165) is 18.4 Å². The molecule has 1 heterocycles. The number of halogens is 2. The largest absolute Gasteiger partial charge is 0.276 e. The lowest BCUT2D eigenvalue weighted by Crippen LogP contribution is -2.09. The molecular formula is C14H16ClFN2. The van der Waals surface area contributed by atoms with Crippen molar-refractivity contribution in [1.29, 1.82) is 0 Å². The number of hydrogen-bond acceptors (Lipinski definition) is 1. The molecule has 0 amide bonds. The highest BCUT2D eigenvalue weighted by Gasteiger charge is 2.11. The van der Waals surface area contributed by atoms with Gasteiger partial charge in [-0.25, -0.2) is 4.39 Å². The van der Waals surface area contributed by atoms with Crippen molar-refractivity contribution in [2.75, 3.05) is 5.88 Å². The Hall–Kier alpha value is -1.35. The summed E-state index contributed by atoms with van der Waals surface area (Å²) in [5, 5.41) is 4.15. The van der Waals surface area contributed by atoms with E-state index in [4.69, 9.17) is 11.6 Å². The molecular weight excluding hydrogens is 251 g/mol. The molecule has 0 bridgehead atoms. The number of hydrogen-bond donors (Lipinski definition) is 0. The molecule has 0 N–H and O–H groups in total. The van der Waals surface area contributed by atoms with E-state index in [-0.39, 0.29) is 5.82 Å². The van der Waals surface area contributed by atoms with E-state index < -0.39 is 0 Å². The van der Waals surface area contributed by atoms with Gasteiger partial charge in [0.2, 0.25) is 0 Å². The lowest BCUT2D eigenvalue weighted by Gasteiger charge is -2.12. The Balaban J connectivity index is 1.99. The quantitative estimate of drug-likeness (QED) is 0.760. The van der Waals surface area contributed by atoms with Gasteiger partial charge in [0.05, 0.1) is 6.20 Å². The Kier molecular flexibility index (Phi) is 4.37. The molecule has 2 rings (SSSR count). The Bertz CT molecular complexity index is 493. The number of rotatable bonds is 5. The fourth-order valence-electron chi connectivity index (χ4n) is 2.05. The summed E-state index contributed by atoms with van der Waals surface area (Å²) in [5.41, 5.74) is 2.30. The summed E-state index contributed by atoms with van der Waals surface area (Å²) in [4.78, 5) is 0. The van der Waals surface area contributed by atoms with Crippen molar-refractivity contribution in [2.24, 2.45) is 13.0 Å². The van der Waals surface area contributed by atoms with E-state index in [1.54, 1.807) is 4.68 Å². The molecule has 0 aliphatic carbocycles. The molecule has 0 aliphatic rings. The van der Waals surface area contributed by atoms with Gasteiger partial charge in [-0.05, 0) is 42.0 Å². The monoisotopic (exact) mass is 266 g/mol. The van der Waals surface area contributed by atoms with Crippen molar-refractivity contribution < 1.29 is 4.39 Å². The zero-order chi connectivity index (χ0) is 13.0. The van der Waals surface area contributed by atoms with Gasteiger partial charge >= 0.3 is 0 Å². The number of aryl methyl sites for hydroxylation is 1. The van der Waals surface area contributed by atoms with Gasteiger partial charge in [-0.3, -0.25) is 4.68 Å². The second-order valence-corrected chi connectivity index (χ2v) is 4.89. The molecule has 18 heavy (non-hydrogen) atoms. The second kappa shape index (κ2) is 6.01. The summed E-state index contributed by atoms with van der Waals surface area (Å²) in [6, 6.07) is 6.62. The van der Waals surface area contributed by atoms with Gasteiger partial charge in [-0.2, -0.15) is 5.10 Å². The Labute approximate surface area is 111 Å². The normalized spacial score (nSPS) is 12.6. The molecule has 1 unspecified atom stereocenters. The lowest BCUT2D eigenvalue weighted by atomic mass is 9.95. The zero-order valence-corrected chi connectivity index (χ0v) is 11.1. The molecule has 2 aromatic rings. The van der Waals surface area contributed by atoms with E-state index >= 15 is 0 Å². The van der Waals surface area contributed by atoms with E-state index in [1.165, 1.54) is 17.7 Å². The Morgan fingerprint density at radius 3 is 2.44 bits per heavy atom. The highest BCUT2D eigenvalue weighted by molar-refractivity contribution is 6.18. The standard InChI is InChI=1S/C14H16ClFN2/c1-18-10-13(9-17-18)7-12(8-15)6-11-2-4-14(16)5-3-11/h2-5,9-10,12H,6-8H2,1H3. The number of nitrogens with zero attached hydrogens (tertiary/aromatic N) is 2. The smallest absolute Gasteiger partial charge is 0.123 e. The third kappa shape index (κ3) is 3.57. The van der Waals surface area contributed by atoms with Crippen LogP contribution in [0.2, 0.25) is 0 Å². The molecule has 1 aromatic heterocycles. The molecule has 0 radical (unpaired) electrons. The van der Waals surface area contributed by atoms with Gasteiger partial charge in [0.25, 0.3) is 0 Å². The lowest BCUT2D eigenvalue weighted by molar-refractivity contribution is 0.580. The minimum atomic E-state index is -0.201. The second-order valence-electron chi connectivity index (χ2n) is 4.58. The molecule has 0 spiro atoms. The molecule has 0 saturated carbocycles. The predicted molar refractivity (Wildman–Crippen MR) is 71.2 cm³/mol. The number of benzene rings is 1. The first kappa shape index (κ1) is 13.1. The Morgan fingerprint density at radius 1 is 1.22 bits per heavy atom. The average Bonchev–Trinajstić information content (AvgIpc) is 2.77. The first-order valence-electron chi connectivity index (χ1n) is 5.95. The summed E-state index contributed by atoms with van der Waals surface area (Å²) < 4.78 is 14.6. The van der Waals surface area contributed by atoms with E-state index in [1.807, 2.05) is 31.6 Å². The SMILES string of the molecule is Cn1cc(CC(CCl)Cc2ccc(F)cc2)cn1.